The van der Waals surface area contributed by atoms with Crippen molar-refractivity contribution in [3.63, 3.8) is 0 Å². The minimum atomic E-state index is -0.873. The molecule has 1 N–H and O–H groups in total. The Morgan fingerprint density at radius 1 is 0.970 bits per heavy atom. The van der Waals surface area contributed by atoms with Gasteiger partial charge in [0.05, 0.1) is 36.6 Å². The highest BCUT2D eigenvalue weighted by atomic mass is 16.5. The van der Waals surface area contributed by atoms with E-state index >= 15 is 0 Å². The van der Waals surface area contributed by atoms with Gasteiger partial charge in [-0.1, -0.05) is 6.92 Å². The van der Waals surface area contributed by atoms with Gasteiger partial charge in [-0.25, -0.2) is 0 Å². The molecule has 5 aliphatic carbocycles. The van der Waals surface area contributed by atoms with Crippen LogP contribution in [0, 0.1) is 40.4 Å². The maximum Gasteiger partial charge on any atom is 0.0796 e. The van der Waals surface area contributed by atoms with Crippen molar-refractivity contribution in [3.05, 3.63) is 0 Å². The third-order valence-corrected chi connectivity index (χ3v) is 11.6. The van der Waals surface area contributed by atoms with E-state index in [4.69, 9.17) is 23.7 Å². The van der Waals surface area contributed by atoms with Crippen molar-refractivity contribution in [2.75, 3.05) is 55.2 Å². The molecule has 7 nitrogen and oxygen atoms in total. The average molecular weight is 466 g/mol. The van der Waals surface area contributed by atoms with E-state index in [0.717, 1.165) is 39.0 Å². The molecule has 188 valence electrons. The minimum Gasteiger partial charge on any atom is -0.389 e. The van der Waals surface area contributed by atoms with Crippen molar-refractivity contribution in [3.8, 4) is 0 Å². The van der Waals surface area contributed by atoms with Gasteiger partial charge in [-0.05, 0) is 31.7 Å². The van der Waals surface area contributed by atoms with Gasteiger partial charge >= 0.3 is 0 Å². The maximum atomic E-state index is 12.8. The molecule has 0 aromatic carbocycles. The lowest BCUT2D eigenvalue weighted by atomic mass is 9.43. The highest BCUT2D eigenvalue weighted by Crippen LogP contribution is 2.79. The Hall–Kier alpha value is -0.280. The van der Waals surface area contributed by atoms with Gasteiger partial charge in [-0.3, -0.25) is 4.90 Å². The van der Waals surface area contributed by atoms with Crippen LogP contribution in [0.5, 0.6) is 0 Å². The Balaban J connectivity index is 1.63. The van der Waals surface area contributed by atoms with Crippen molar-refractivity contribution in [2.45, 2.75) is 68.7 Å². The number of likely N-dealkylation sites (tertiary alicyclic amines) is 1. The Morgan fingerprint density at radius 2 is 1.73 bits per heavy atom. The predicted octanol–water partition coefficient (Wildman–Crippen LogP) is 1.81. The minimum absolute atomic E-state index is 0.0116. The third-order valence-electron chi connectivity index (χ3n) is 11.6. The van der Waals surface area contributed by atoms with E-state index in [1.807, 2.05) is 28.4 Å². The molecule has 5 saturated carbocycles. The number of hydrogen-bond donors (Lipinski definition) is 1. The molecule has 9 unspecified atom stereocenters. The molecule has 1 saturated heterocycles. The fraction of sp³-hybridized carbons (Fsp3) is 1.00. The fourth-order valence-electron chi connectivity index (χ4n) is 11.3. The number of fused-ring (bicyclic) bond motifs is 2. The molecule has 33 heavy (non-hydrogen) atoms. The zero-order valence-electron chi connectivity index (χ0n) is 21.2. The van der Waals surface area contributed by atoms with Gasteiger partial charge in [0.2, 0.25) is 0 Å². The SMILES string of the molecule is CCN1C[C@]2(COC)CCC(OC)C34C5CC6C(OC)C5[C@](O)(C[C@@H]6OC)[C@H](C(OC)C32)C14. The molecule has 13 atom stereocenters. The standard InChI is InChI=1S/C26H43NO6/c1-7-27-12-24(13-29-2)9-8-17(31-4)26-15-10-14-16(30-3)11-25(28,18(15)20(14)32-5)19(23(26)27)21(33-6)22(24)26/h14-23,28H,7-13H2,1-6H3/t14?,15?,16-,17?,18?,19+,20?,21?,22?,23?,24-,25+,26?/m0/s1. The molecule has 6 rings (SSSR count). The third kappa shape index (κ3) is 2.41. The second kappa shape index (κ2) is 7.61. The number of ether oxygens (including phenoxy) is 5. The molecular formula is C26H43NO6. The summed E-state index contributed by atoms with van der Waals surface area (Å²) in [7, 11) is 9.22. The van der Waals surface area contributed by atoms with E-state index < -0.39 is 5.60 Å². The van der Waals surface area contributed by atoms with Gasteiger partial charge in [0.15, 0.2) is 0 Å². The molecular weight excluding hydrogens is 422 g/mol. The van der Waals surface area contributed by atoms with Crippen LogP contribution in [-0.2, 0) is 23.7 Å². The first-order valence-corrected chi connectivity index (χ1v) is 13.0. The first-order chi connectivity index (χ1) is 15.9. The van der Waals surface area contributed by atoms with Crippen LogP contribution in [0.3, 0.4) is 0 Å². The molecule has 7 heteroatoms. The van der Waals surface area contributed by atoms with Gasteiger partial charge in [-0.15, -0.1) is 0 Å². The number of piperidine rings is 1. The molecule has 0 aromatic heterocycles. The Morgan fingerprint density at radius 3 is 2.33 bits per heavy atom. The first-order valence-electron chi connectivity index (χ1n) is 13.0. The van der Waals surface area contributed by atoms with Crippen molar-refractivity contribution in [1.29, 1.82) is 0 Å². The summed E-state index contributed by atoms with van der Waals surface area (Å²) in [4.78, 5) is 2.67. The lowest BCUT2D eigenvalue weighted by Gasteiger charge is -2.69. The lowest BCUT2D eigenvalue weighted by molar-refractivity contribution is -0.277. The first kappa shape index (κ1) is 23.1. The lowest BCUT2D eigenvalue weighted by Crippen LogP contribution is -2.76. The highest BCUT2D eigenvalue weighted by molar-refractivity contribution is 5.35. The van der Waals surface area contributed by atoms with Crippen LogP contribution in [-0.4, -0.2) is 101 Å². The average Bonchev–Trinajstić information content (AvgIpc) is 3.27. The molecule has 0 amide bonds. The molecule has 1 aliphatic heterocycles. The Labute approximate surface area is 198 Å². The number of nitrogens with zero attached hydrogens (tertiary/aromatic N) is 1. The monoisotopic (exact) mass is 465 g/mol. The number of aliphatic hydroxyl groups is 1. The van der Waals surface area contributed by atoms with E-state index in [-0.39, 0.29) is 53.1 Å². The second-order valence-corrected chi connectivity index (χ2v) is 12.0. The van der Waals surface area contributed by atoms with Crippen LogP contribution in [0.1, 0.15) is 32.6 Å². The summed E-state index contributed by atoms with van der Waals surface area (Å²) in [5, 5.41) is 12.8. The summed E-state index contributed by atoms with van der Waals surface area (Å²) in [6.45, 7) is 4.99. The molecule has 6 aliphatic rings. The van der Waals surface area contributed by atoms with Crippen LogP contribution in [0.25, 0.3) is 0 Å². The highest BCUT2D eigenvalue weighted by Gasteiger charge is 2.86. The zero-order chi connectivity index (χ0) is 23.3. The van der Waals surface area contributed by atoms with Crippen molar-refractivity contribution in [2.24, 2.45) is 40.4 Å². The summed E-state index contributed by atoms with van der Waals surface area (Å²) >= 11 is 0. The van der Waals surface area contributed by atoms with Gasteiger partial charge in [0.25, 0.3) is 0 Å². The molecule has 7 bridgehead atoms. The van der Waals surface area contributed by atoms with E-state index in [9.17, 15) is 5.11 Å². The summed E-state index contributed by atoms with van der Waals surface area (Å²) < 4.78 is 31.1. The van der Waals surface area contributed by atoms with E-state index in [1.54, 1.807) is 7.11 Å². The Kier molecular flexibility index (Phi) is 5.34. The van der Waals surface area contributed by atoms with Gasteiger partial charge in [-0.2, -0.15) is 0 Å². The van der Waals surface area contributed by atoms with Crippen molar-refractivity contribution in [1.82, 2.24) is 4.90 Å². The molecule has 6 fully saturated rings. The molecule has 0 aromatic rings. The number of rotatable bonds is 7. The Bertz CT molecular complexity index is 782. The van der Waals surface area contributed by atoms with Crippen LogP contribution < -0.4 is 0 Å². The zero-order valence-corrected chi connectivity index (χ0v) is 21.2. The molecule has 0 radical (unpaired) electrons. The van der Waals surface area contributed by atoms with Crippen LogP contribution in [0.2, 0.25) is 0 Å². The molecule has 1 heterocycles. The van der Waals surface area contributed by atoms with E-state index in [1.165, 1.54) is 0 Å². The summed E-state index contributed by atoms with van der Waals surface area (Å²) in [5.41, 5.74) is -0.931. The van der Waals surface area contributed by atoms with Gasteiger partial charge < -0.3 is 28.8 Å². The largest absolute Gasteiger partial charge is 0.389 e. The summed E-state index contributed by atoms with van der Waals surface area (Å²) in [5.74, 6) is 1.05. The summed E-state index contributed by atoms with van der Waals surface area (Å²) in [6.07, 6.45) is 3.98. The van der Waals surface area contributed by atoms with Crippen molar-refractivity contribution < 1.29 is 28.8 Å². The predicted molar refractivity (Wildman–Crippen MR) is 122 cm³/mol. The normalized spacial score (nSPS) is 58.6. The smallest absolute Gasteiger partial charge is 0.0796 e. The van der Waals surface area contributed by atoms with Crippen LogP contribution in [0.4, 0.5) is 0 Å². The summed E-state index contributed by atoms with van der Waals surface area (Å²) in [6, 6.07) is 0.241. The topological polar surface area (TPSA) is 69.6 Å². The van der Waals surface area contributed by atoms with E-state index in [0.29, 0.717) is 24.2 Å². The van der Waals surface area contributed by atoms with Gasteiger partial charge in [0.1, 0.15) is 0 Å². The number of hydrogen-bond acceptors (Lipinski definition) is 7. The van der Waals surface area contributed by atoms with Crippen LogP contribution >= 0.6 is 0 Å². The number of methoxy groups -OCH3 is 5. The van der Waals surface area contributed by atoms with Gasteiger partial charge in [0, 0.05) is 89.1 Å². The maximum absolute atomic E-state index is 12.8. The van der Waals surface area contributed by atoms with Crippen molar-refractivity contribution >= 4 is 0 Å². The fourth-order valence-corrected chi connectivity index (χ4v) is 11.3. The van der Waals surface area contributed by atoms with Crippen LogP contribution in [0.15, 0.2) is 0 Å². The van der Waals surface area contributed by atoms with E-state index in [2.05, 4.69) is 11.8 Å². The second-order valence-electron chi connectivity index (χ2n) is 12.0. The molecule has 1 spiro atoms. The quantitative estimate of drug-likeness (QED) is 0.615.